The number of amides is 1. The molecule has 1 amide bonds. The number of nitrogens with two attached hydrogens (primary N) is 1. The fraction of sp³-hybridized carbons (Fsp3) is 0.611. The van der Waals surface area contributed by atoms with E-state index in [0.29, 0.717) is 5.91 Å². The van der Waals surface area contributed by atoms with Gasteiger partial charge < -0.3 is 20.3 Å². The standard InChI is InChI=1S/C18H27N3O2/c1-23-17-7-5-16(6-8-17)20-9-2-10-21(12-11-20)18(22)14-3-4-15(19)13-14/h5-8,14-15H,2-4,9-13,19H2,1H3/t14-,15+/m1/s1. The highest BCUT2D eigenvalue weighted by Crippen LogP contribution is 2.27. The van der Waals surface area contributed by atoms with Crippen molar-refractivity contribution in [3.63, 3.8) is 0 Å². The summed E-state index contributed by atoms with van der Waals surface area (Å²) in [5.74, 6) is 1.34. The lowest BCUT2D eigenvalue weighted by Crippen LogP contribution is -2.38. The molecule has 2 N–H and O–H groups in total. The second-order valence-corrected chi connectivity index (χ2v) is 6.63. The van der Waals surface area contributed by atoms with Gasteiger partial charge in [0.15, 0.2) is 0 Å². The van der Waals surface area contributed by atoms with Gasteiger partial charge in [-0.3, -0.25) is 4.79 Å². The average Bonchev–Trinajstić information content (AvgIpc) is 2.87. The first kappa shape index (κ1) is 16.1. The summed E-state index contributed by atoms with van der Waals surface area (Å²) in [4.78, 5) is 17.1. The van der Waals surface area contributed by atoms with Gasteiger partial charge in [0, 0.05) is 43.8 Å². The number of rotatable bonds is 3. The summed E-state index contributed by atoms with van der Waals surface area (Å²) < 4.78 is 5.21. The molecule has 1 aliphatic carbocycles. The zero-order valence-corrected chi connectivity index (χ0v) is 13.9. The van der Waals surface area contributed by atoms with E-state index >= 15 is 0 Å². The van der Waals surface area contributed by atoms with Gasteiger partial charge in [-0.15, -0.1) is 0 Å². The number of nitrogens with zero attached hydrogens (tertiary/aromatic N) is 2. The zero-order valence-electron chi connectivity index (χ0n) is 13.9. The van der Waals surface area contributed by atoms with Crippen molar-refractivity contribution >= 4 is 11.6 Å². The van der Waals surface area contributed by atoms with Crippen LogP contribution >= 0.6 is 0 Å². The molecule has 0 spiro atoms. The van der Waals surface area contributed by atoms with Gasteiger partial charge in [-0.05, 0) is 49.9 Å². The Labute approximate surface area is 138 Å². The lowest BCUT2D eigenvalue weighted by molar-refractivity contribution is -0.135. The fourth-order valence-electron chi connectivity index (χ4n) is 3.69. The summed E-state index contributed by atoms with van der Waals surface area (Å²) in [6.45, 7) is 3.53. The minimum Gasteiger partial charge on any atom is -0.497 e. The number of anilines is 1. The van der Waals surface area contributed by atoms with Gasteiger partial charge in [-0.1, -0.05) is 0 Å². The van der Waals surface area contributed by atoms with Gasteiger partial charge in [0.1, 0.15) is 5.75 Å². The van der Waals surface area contributed by atoms with Gasteiger partial charge in [0.25, 0.3) is 0 Å². The van der Waals surface area contributed by atoms with Crippen LogP contribution in [0, 0.1) is 5.92 Å². The minimum absolute atomic E-state index is 0.150. The lowest BCUT2D eigenvalue weighted by Gasteiger charge is -2.25. The van der Waals surface area contributed by atoms with E-state index in [1.165, 1.54) is 5.69 Å². The molecule has 0 unspecified atom stereocenters. The Kier molecular flexibility index (Phi) is 5.06. The number of carbonyl (C=O) groups excluding carboxylic acids is 1. The van der Waals surface area contributed by atoms with Gasteiger partial charge in [0.2, 0.25) is 5.91 Å². The van der Waals surface area contributed by atoms with Gasteiger partial charge >= 0.3 is 0 Å². The quantitative estimate of drug-likeness (QED) is 0.924. The first-order valence-corrected chi connectivity index (χ1v) is 8.60. The summed E-state index contributed by atoms with van der Waals surface area (Å²) in [5.41, 5.74) is 7.15. The lowest BCUT2D eigenvalue weighted by atomic mass is 10.1. The third kappa shape index (κ3) is 3.78. The van der Waals surface area contributed by atoms with Crippen LogP contribution in [0.25, 0.3) is 0 Å². The molecule has 0 radical (unpaired) electrons. The highest BCUT2D eigenvalue weighted by atomic mass is 16.5. The summed E-state index contributed by atoms with van der Waals surface area (Å²) in [6.07, 6.45) is 3.81. The summed E-state index contributed by atoms with van der Waals surface area (Å²) in [5, 5.41) is 0. The Morgan fingerprint density at radius 3 is 2.57 bits per heavy atom. The van der Waals surface area contributed by atoms with Crippen molar-refractivity contribution in [3.8, 4) is 5.75 Å². The van der Waals surface area contributed by atoms with Crippen molar-refractivity contribution < 1.29 is 9.53 Å². The van der Waals surface area contributed by atoms with Crippen LogP contribution in [0.1, 0.15) is 25.7 Å². The van der Waals surface area contributed by atoms with Crippen LogP contribution in [-0.2, 0) is 4.79 Å². The molecular formula is C18H27N3O2. The summed E-state index contributed by atoms with van der Waals surface area (Å²) >= 11 is 0. The van der Waals surface area contributed by atoms with Crippen LogP contribution in [0.2, 0.25) is 0 Å². The Morgan fingerprint density at radius 2 is 1.91 bits per heavy atom. The van der Waals surface area contributed by atoms with Crippen LogP contribution in [0.5, 0.6) is 5.75 Å². The van der Waals surface area contributed by atoms with Crippen LogP contribution in [0.3, 0.4) is 0 Å². The molecule has 3 rings (SSSR count). The second kappa shape index (κ2) is 7.21. The normalized spacial score (nSPS) is 25.3. The fourth-order valence-corrected chi connectivity index (χ4v) is 3.69. The molecular weight excluding hydrogens is 290 g/mol. The SMILES string of the molecule is COc1ccc(N2CCCN(C(=O)[C@@H]3CC[C@H](N)C3)CC2)cc1. The Morgan fingerprint density at radius 1 is 1.13 bits per heavy atom. The highest BCUT2D eigenvalue weighted by Gasteiger charge is 2.31. The van der Waals surface area contributed by atoms with Gasteiger partial charge in [0.05, 0.1) is 7.11 Å². The number of hydrogen-bond donors (Lipinski definition) is 1. The van der Waals surface area contributed by atoms with Crippen molar-refractivity contribution in [2.24, 2.45) is 11.7 Å². The molecule has 1 aromatic rings. The first-order chi connectivity index (χ1) is 11.2. The van der Waals surface area contributed by atoms with E-state index in [-0.39, 0.29) is 12.0 Å². The van der Waals surface area contributed by atoms with Crippen molar-refractivity contribution in [1.82, 2.24) is 4.90 Å². The molecule has 1 heterocycles. The highest BCUT2D eigenvalue weighted by molar-refractivity contribution is 5.79. The van der Waals surface area contributed by atoms with E-state index in [1.54, 1.807) is 7.11 Å². The number of benzene rings is 1. The van der Waals surface area contributed by atoms with E-state index in [0.717, 1.165) is 57.6 Å². The number of methoxy groups -OCH3 is 1. The Bertz CT molecular complexity index is 532. The minimum atomic E-state index is 0.150. The molecule has 2 aliphatic rings. The maximum absolute atomic E-state index is 12.7. The van der Waals surface area contributed by atoms with E-state index in [1.807, 2.05) is 17.0 Å². The van der Waals surface area contributed by atoms with Crippen LogP contribution < -0.4 is 15.4 Å². The van der Waals surface area contributed by atoms with Crippen molar-refractivity contribution in [2.75, 3.05) is 38.2 Å². The molecule has 1 saturated heterocycles. The molecule has 23 heavy (non-hydrogen) atoms. The molecule has 1 aliphatic heterocycles. The number of carbonyl (C=O) groups is 1. The summed E-state index contributed by atoms with van der Waals surface area (Å²) in [6, 6.07) is 8.37. The van der Waals surface area contributed by atoms with Crippen molar-refractivity contribution in [2.45, 2.75) is 31.7 Å². The Hall–Kier alpha value is -1.75. The van der Waals surface area contributed by atoms with E-state index in [9.17, 15) is 4.79 Å². The molecule has 2 atom stereocenters. The number of ether oxygens (including phenoxy) is 1. The van der Waals surface area contributed by atoms with Gasteiger partial charge in [-0.2, -0.15) is 0 Å². The second-order valence-electron chi connectivity index (χ2n) is 6.63. The van der Waals surface area contributed by atoms with Crippen LogP contribution in [0.15, 0.2) is 24.3 Å². The van der Waals surface area contributed by atoms with Crippen LogP contribution in [-0.4, -0.2) is 50.1 Å². The van der Waals surface area contributed by atoms with E-state index in [2.05, 4.69) is 17.0 Å². The molecule has 5 heteroatoms. The largest absolute Gasteiger partial charge is 0.497 e. The van der Waals surface area contributed by atoms with Crippen LogP contribution in [0.4, 0.5) is 5.69 Å². The molecule has 0 bridgehead atoms. The molecule has 0 aromatic heterocycles. The maximum atomic E-state index is 12.7. The molecule has 126 valence electrons. The first-order valence-electron chi connectivity index (χ1n) is 8.60. The monoisotopic (exact) mass is 317 g/mol. The predicted octanol–water partition coefficient (Wildman–Crippen LogP) is 1.86. The van der Waals surface area contributed by atoms with Crippen molar-refractivity contribution in [1.29, 1.82) is 0 Å². The molecule has 2 fully saturated rings. The van der Waals surface area contributed by atoms with Gasteiger partial charge in [-0.25, -0.2) is 0 Å². The van der Waals surface area contributed by atoms with Crippen molar-refractivity contribution in [3.05, 3.63) is 24.3 Å². The summed E-state index contributed by atoms with van der Waals surface area (Å²) in [7, 11) is 1.68. The predicted molar refractivity (Wildman–Crippen MR) is 91.7 cm³/mol. The average molecular weight is 317 g/mol. The maximum Gasteiger partial charge on any atom is 0.225 e. The molecule has 5 nitrogen and oxygen atoms in total. The van der Waals surface area contributed by atoms with E-state index < -0.39 is 0 Å². The smallest absolute Gasteiger partial charge is 0.225 e. The third-order valence-electron chi connectivity index (χ3n) is 5.07. The zero-order chi connectivity index (χ0) is 16.2. The topological polar surface area (TPSA) is 58.8 Å². The van der Waals surface area contributed by atoms with E-state index in [4.69, 9.17) is 10.5 Å². The molecule has 1 saturated carbocycles. The Balaban J connectivity index is 1.59. The number of hydrogen-bond acceptors (Lipinski definition) is 4. The third-order valence-corrected chi connectivity index (χ3v) is 5.07. The molecule has 1 aromatic carbocycles.